The molecule has 0 aromatic heterocycles. The zero-order valence-corrected chi connectivity index (χ0v) is 11.5. The van der Waals surface area contributed by atoms with E-state index in [1.165, 1.54) is 22.3 Å². The molecule has 0 N–H and O–H groups in total. The SMILES string of the molecule is C=Cc1cc(Br)ccc1Cc1ccc(C)cc1. The minimum absolute atomic E-state index is 0.953. The van der Waals surface area contributed by atoms with Gasteiger partial charge < -0.3 is 0 Å². The van der Waals surface area contributed by atoms with Gasteiger partial charge in [0, 0.05) is 4.47 Å². The van der Waals surface area contributed by atoms with Gasteiger partial charge in [0.15, 0.2) is 0 Å². The summed E-state index contributed by atoms with van der Waals surface area (Å²) >= 11 is 3.48. The third-order valence-corrected chi connectivity index (χ3v) is 3.34. The summed E-state index contributed by atoms with van der Waals surface area (Å²) in [6.07, 6.45) is 2.86. The van der Waals surface area contributed by atoms with Gasteiger partial charge in [-0.15, -0.1) is 0 Å². The van der Waals surface area contributed by atoms with Crippen LogP contribution in [0.4, 0.5) is 0 Å². The van der Waals surface area contributed by atoms with Gasteiger partial charge in [-0.1, -0.05) is 64.5 Å². The van der Waals surface area contributed by atoms with Gasteiger partial charge >= 0.3 is 0 Å². The van der Waals surface area contributed by atoms with Gasteiger partial charge in [-0.3, -0.25) is 0 Å². The molecule has 0 heterocycles. The summed E-state index contributed by atoms with van der Waals surface area (Å²) in [6.45, 7) is 5.98. The molecule has 2 aromatic rings. The Balaban J connectivity index is 2.29. The lowest BCUT2D eigenvalue weighted by Gasteiger charge is -2.07. The van der Waals surface area contributed by atoms with Crippen LogP contribution in [0.25, 0.3) is 6.08 Å². The van der Waals surface area contributed by atoms with E-state index in [-0.39, 0.29) is 0 Å². The highest BCUT2D eigenvalue weighted by Crippen LogP contribution is 2.20. The van der Waals surface area contributed by atoms with E-state index < -0.39 is 0 Å². The maximum Gasteiger partial charge on any atom is 0.0181 e. The van der Waals surface area contributed by atoms with Gasteiger partial charge in [0.25, 0.3) is 0 Å². The predicted octanol–water partition coefficient (Wildman–Crippen LogP) is 4.99. The minimum atomic E-state index is 0.953. The summed E-state index contributed by atoms with van der Waals surface area (Å²) in [7, 11) is 0. The van der Waals surface area contributed by atoms with E-state index in [1.54, 1.807) is 0 Å². The molecule has 0 saturated heterocycles. The molecule has 0 nitrogen and oxygen atoms in total. The molecule has 0 saturated carbocycles. The molecule has 2 aromatic carbocycles. The van der Waals surface area contributed by atoms with E-state index in [0.717, 1.165) is 10.9 Å². The minimum Gasteiger partial charge on any atom is -0.0985 e. The van der Waals surface area contributed by atoms with Crippen LogP contribution in [0.3, 0.4) is 0 Å². The second-order valence-electron chi connectivity index (χ2n) is 4.21. The zero-order valence-electron chi connectivity index (χ0n) is 9.91. The highest BCUT2D eigenvalue weighted by atomic mass is 79.9. The third-order valence-electron chi connectivity index (χ3n) is 2.84. The average molecular weight is 287 g/mol. The molecule has 0 fully saturated rings. The van der Waals surface area contributed by atoms with E-state index in [9.17, 15) is 0 Å². The van der Waals surface area contributed by atoms with Crippen molar-refractivity contribution >= 4 is 22.0 Å². The maximum atomic E-state index is 3.87. The quantitative estimate of drug-likeness (QED) is 0.746. The zero-order chi connectivity index (χ0) is 12.3. The highest BCUT2D eigenvalue weighted by molar-refractivity contribution is 9.10. The lowest BCUT2D eigenvalue weighted by atomic mass is 9.99. The molecule has 2 rings (SSSR count). The van der Waals surface area contributed by atoms with Crippen LogP contribution in [-0.2, 0) is 6.42 Å². The molecule has 0 bridgehead atoms. The summed E-state index contributed by atoms with van der Waals surface area (Å²) in [6, 6.07) is 15.0. The summed E-state index contributed by atoms with van der Waals surface area (Å²) in [5, 5.41) is 0. The monoisotopic (exact) mass is 286 g/mol. The highest BCUT2D eigenvalue weighted by Gasteiger charge is 2.02. The topological polar surface area (TPSA) is 0 Å². The Labute approximate surface area is 111 Å². The van der Waals surface area contributed by atoms with Crippen LogP contribution >= 0.6 is 15.9 Å². The van der Waals surface area contributed by atoms with Gasteiger partial charge in [-0.05, 0) is 42.2 Å². The lowest BCUT2D eigenvalue weighted by molar-refractivity contribution is 1.18. The van der Waals surface area contributed by atoms with Crippen molar-refractivity contribution in [2.45, 2.75) is 13.3 Å². The third kappa shape index (κ3) is 3.07. The first-order chi connectivity index (χ1) is 8.19. The first kappa shape index (κ1) is 12.1. The number of hydrogen-bond donors (Lipinski definition) is 0. The summed E-state index contributed by atoms with van der Waals surface area (Å²) < 4.78 is 1.10. The molecule has 1 heteroatoms. The fourth-order valence-corrected chi connectivity index (χ4v) is 2.22. The second kappa shape index (κ2) is 5.33. The van der Waals surface area contributed by atoms with Crippen molar-refractivity contribution in [1.29, 1.82) is 0 Å². The smallest absolute Gasteiger partial charge is 0.0181 e. The Bertz CT molecular complexity index is 524. The molecule has 0 aliphatic carbocycles. The van der Waals surface area contributed by atoms with Crippen LogP contribution in [0.5, 0.6) is 0 Å². The Morgan fingerprint density at radius 2 is 1.82 bits per heavy atom. The Kier molecular flexibility index (Phi) is 3.80. The molecule has 0 aliphatic rings. The van der Waals surface area contributed by atoms with E-state index >= 15 is 0 Å². The van der Waals surface area contributed by atoms with Crippen molar-refractivity contribution in [3.05, 3.63) is 75.8 Å². The van der Waals surface area contributed by atoms with Gasteiger partial charge in [0.2, 0.25) is 0 Å². The van der Waals surface area contributed by atoms with Crippen LogP contribution in [0.15, 0.2) is 53.5 Å². The number of aryl methyl sites for hydroxylation is 1. The molecule has 86 valence electrons. The second-order valence-corrected chi connectivity index (χ2v) is 5.13. The summed E-state index contributed by atoms with van der Waals surface area (Å²) in [5.74, 6) is 0. The predicted molar refractivity (Wildman–Crippen MR) is 78.2 cm³/mol. The largest absolute Gasteiger partial charge is 0.0985 e. The normalized spacial score (nSPS) is 10.2. The molecule has 0 amide bonds. The van der Waals surface area contributed by atoms with Crippen LogP contribution in [0.2, 0.25) is 0 Å². The molecule has 0 aliphatic heterocycles. The van der Waals surface area contributed by atoms with Crippen molar-refractivity contribution < 1.29 is 0 Å². The van der Waals surface area contributed by atoms with Gasteiger partial charge in [-0.2, -0.15) is 0 Å². The van der Waals surface area contributed by atoms with Crippen LogP contribution < -0.4 is 0 Å². The van der Waals surface area contributed by atoms with Crippen LogP contribution in [0, 0.1) is 6.92 Å². The summed E-state index contributed by atoms with van der Waals surface area (Å²) in [4.78, 5) is 0. The molecule has 0 spiro atoms. The van der Waals surface area contributed by atoms with E-state index in [1.807, 2.05) is 6.08 Å². The standard InChI is InChI=1S/C16H15Br/c1-3-14-11-16(17)9-8-15(14)10-13-6-4-12(2)5-7-13/h3-9,11H,1,10H2,2H3. The molecule has 0 atom stereocenters. The molecular formula is C16H15Br. The number of halogens is 1. The van der Waals surface area contributed by atoms with E-state index in [4.69, 9.17) is 0 Å². The molecule has 0 radical (unpaired) electrons. The van der Waals surface area contributed by atoms with Crippen molar-refractivity contribution in [3.63, 3.8) is 0 Å². The van der Waals surface area contributed by atoms with E-state index in [0.29, 0.717) is 0 Å². The van der Waals surface area contributed by atoms with Crippen molar-refractivity contribution in [2.75, 3.05) is 0 Å². The number of hydrogen-bond acceptors (Lipinski definition) is 0. The van der Waals surface area contributed by atoms with Crippen molar-refractivity contribution in [2.24, 2.45) is 0 Å². The fraction of sp³-hybridized carbons (Fsp3) is 0.125. The Morgan fingerprint density at radius 1 is 1.12 bits per heavy atom. The maximum absolute atomic E-state index is 3.87. The first-order valence-corrected chi connectivity index (χ1v) is 6.45. The molecule has 0 unspecified atom stereocenters. The van der Waals surface area contributed by atoms with Crippen LogP contribution in [0.1, 0.15) is 22.3 Å². The van der Waals surface area contributed by atoms with E-state index in [2.05, 4.69) is 71.9 Å². The first-order valence-electron chi connectivity index (χ1n) is 5.65. The average Bonchev–Trinajstić information content (AvgIpc) is 2.34. The molecule has 17 heavy (non-hydrogen) atoms. The van der Waals surface area contributed by atoms with Gasteiger partial charge in [0.05, 0.1) is 0 Å². The van der Waals surface area contributed by atoms with Crippen molar-refractivity contribution in [1.82, 2.24) is 0 Å². The van der Waals surface area contributed by atoms with Crippen molar-refractivity contribution in [3.8, 4) is 0 Å². The van der Waals surface area contributed by atoms with Gasteiger partial charge in [0.1, 0.15) is 0 Å². The Morgan fingerprint density at radius 3 is 2.47 bits per heavy atom. The lowest BCUT2D eigenvalue weighted by Crippen LogP contribution is -1.91. The Hall–Kier alpha value is -1.34. The fourth-order valence-electron chi connectivity index (χ4n) is 1.84. The van der Waals surface area contributed by atoms with Crippen LogP contribution in [-0.4, -0.2) is 0 Å². The summed E-state index contributed by atoms with van der Waals surface area (Å²) in [5.41, 5.74) is 5.14. The number of benzene rings is 2. The van der Waals surface area contributed by atoms with Gasteiger partial charge in [-0.25, -0.2) is 0 Å². The number of rotatable bonds is 3. The molecular weight excluding hydrogens is 272 g/mol.